The number of sulfonamides is 1. The van der Waals surface area contributed by atoms with Crippen molar-refractivity contribution in [2.45, 2.75) is 11.4 Å². The summed E-state index contributed by atoms with van der Waals surface area (Å²) in [6.07, 6.45) is 0. The van der Waals surface area contributed by atoms with E-state index >= 15 is 0 Å². The number of rotatable bonds is 4. The van der Waals surface area contributed by atoms with Crippen molar-refractivity contribution in [2.24, 2.45) is 0 Å². The van der Waals surface area contributed by atoms with E-state index in [0.29, 0.717) is 12.2 Å². The van der Waals surface area contributed by atoms with Crippen LogP contribution in [0.15, 0.2) is 59.5 Å². The normalized spacial score (nSPS) is 11.1. The molecule has 0 spiro atoms. The summed E-state index contributed by atoms with van der Waals surface area (Å²) >= 11 is 0. The van der Waals surface area contributed by atoms with Crippen LogP contribution in [-0.4, -0.2) is 19.8 Å². The predicted octanol–water partition coefficient (Wildman–Crippen LogP) is 2.51. The van der Waals surface area contributed by atoms with Gasteiger partial charge in [0.1, 0.15) is 0 Å². The third-order valence-electron chi connectivity index (χ3n) is 2.84. The first-order valence-corrected chi connectivity index (χ1v) is 7.30. The molecule has 0 radical (unpaired) electrons. The van der Waals surface area contributed by atoms with Gasteiger partial charge in [-0.2, -0.15) is 4.31 Å². The zero-order chi connectivity index (χ0) is 13.9. The fraction of sp³-hybridized carbons (Fsp3) is 0.143. The summed E-state index contributed by atoms with van der Waals surface area (Å²) < 4.78 is 26.0. The average Bonchev–Trinajstić information content (AvgIpc) is 2.40. The Morgan fingerprint density at radius 2 is 1.55 bits per heavy atom. The highest BCUT2D eigenvalue weighted by Crippen LogP contribution is 2.17. The summed E-state index contributed by atoms with van der Waals surface area (Å²) in [6, 6.07) is 15.7. The number of anilines is 1. The molecule has 0 aliphatic heterocycles. The molecule has 0 fully saturated rings. The van der Waals surface area contributed by atoms with Crippen LogP contribution >= 0.6 is 12.4 Å². The van der Waals surface area contributed by atoms with E-state index in [1.54, 1.807) is 19.2 Å². The van der Waals surface area contributed by atoms with Crippen LogP contribution in [0.1, 0.15) is 5.56 Å². The molecule has 0 saturated carbocycles. The number of nitrogens with zero attached hydrogens (tertiary/aromatic N) is 1. The second kappa shape index (κ2) is 6.74. The zero-order valence-electron chi connectivity index (χ0n) is 11.1. The van der Waals surface area contributed by atoms with E-state index in [0.717, 1.165) is 5.56 Å². The lowest BCUT2D eigenvalue weighted by Gasteiger charge is -2.17. The molecule has 0 aromatic heterocycles. The molecule has 4 nitrogen and oxygen atoms in total. The van der Waals surface area contributed by atoms with Crippen LogP contribution in [0, 0.1) is 0 Å². The molecular weight excluding hydrogens is 296 g/mol. The molecule has 0 bridgehead atoms. The minimum Gasteiger partial charge on any atom is -0.399 e. The molecule has 0 heterocycles. The van der Waals surface area contributed by atoms with E-state index in [4.69, 9.17) is 5.73 Å². The van der Waals surface area contributed by atoms with Crippen molar-refractivity contribution in [3.63, 3.8) is 0 Å². The Bertz CT molecular complexity index is 643. The maximum absolute atomic E-state index is 12.3. The van der Waals surface area contributed by atoms with E-state index < -0.39 is 10.0 Å². The second-order valence-corrected chi connectivity index (χ2v) is 6.36. The van der Waals surface area contributed by atoms with Crippen molar-refractivity contribution < 1.29 is 8.42 Å². The van der Waals surface area contributed by atoms with Crippen LogP contribution in [0.2, 0.25) is 0 Å². The van der Waals surface area contributed by atoms with Crippen LogP contribution in [0.25, 0.3) is 0 Å². The van der Waals surface area contributed by atoms with E-state index in [9.17, 15) is 8.42 Å². The Balaban J connectivity index is 0.00000200. The minimum atomic E-state index is -3.48. The maximum atomic E-state index is 12.3. The molecule has 0 aliphatic carbocycles. The number of nitrogen functional groups attached to an aromatic ring is 1. The van der Waals surface area contributed by atoms with Gasteiger partial charge in [-0.25, -0.2) is 8.42 Å². The van der Waals surface area contributed by atoms with Gasteiger partial charge in [0.25, 0.3) is 0 Å². The van der Waals surface area contributed by atoms with Gasteiger partial charge in [-0.05, 0) is 29.8 Å². The highest BCUT2D eigenvalue weighted by molar-refractivity contribution is 7.89. The molecule has 108 valence electrons. The summed E-state index contributed by atoms with van der Waals surface area (Å²) in [5.41, 5.74) is 7.06. The molecule has 2 aromatic rings. The van der Waals surface area contributed by atoms with Crippen molar-refractivity contribution in [3.8, 4) is 0 Å². The maximum Gasteiger partial charge on any atom is 0.243 e. The largest absolute Gasteiger partial charge is 0.399 e. The molecule has 0 unspecified atom stereocenters. The zero-order valence-corrected chi connectivity index (χ0v) is 12.7. The van der Waals surface area contributed by atoms with Gasteiger partial charge in [0.15, 0.2) is 0 Å². The molecule has 6 heteroatoms. The Morgan fingerprint density at radius 1 is 1.00 bits per heavy atom. The minimum absolute atomic E-state index is 0. The van der Waals surface area contributed by atoms with Crippen LogP contribution in [0.5, 0.6) is 0 Å². The van der Waals surface area contributed by atoms with Crippen LogP contribution in [0.3, 0.4) is 0 Å². The number of benzene rings is 2. The monoisotopic (exact) mass is 312 g/mol. The summed E-state index contributed by atoms with van der Waals surface area (Å²) in [6.45, 7) is 0.341. The molecule has 0 amide bonds. The smallest absolute Gasteiger partial charge is 0.243 e. The lowest BCUT2D eigenvalue weighted by atomic mass is 10.2. The van der Waals surface area contributed by atoms with Crippen LogP contribution in [0.4, 0.5) is 5.69 Å². The Hall–Kier alpha value is -1.56. The van der Waals surface area contributed by atoms with Crippen molar-refractivity contribution in [1.29, 1.82) is 0 Å². The van der Waals surface area contributed by atoms with E-state index in [2.05, 4.69) is 0 Å². The van der Waals surface area contributed by atoms with Gasteiger partial charge in [0.05, 0.1) is 4.90 Å². The highest BCUT2D eigenvalue weighted by Gasteiger charge is 2.20. The Labute approximate surface area is 125 Å². The molecule has 20 heavy (non-hydrogen) atoms. The van der Waals surface area contributed by atoms with Crippen molar-refractivity contribution in [1.82, 2.24) is 4.31 Å². The first-order valence-electron chi connectivity index (χ1n) is 5.86. The third kappa shape index (κ3) is 3.72. The predicted molar refractivity (Wildman–Crippen MR) is 83.2 cm³/mol. The van der Waals surface area contributed by atoms with E-state index in [1.807, 2.05) is 30.3 Å². The van der Waals surface area contributed by atoms with Crippen LogP contribution < -0.4 is 5.73 Å². The summed E-state index contributed by atoms with van der Waals surface area (Å²) in [7, 11) is -1.91. The van der Waals surface area contributed by atoms with Gasteiger partial charge < -0.3 is 5.73 Å². The molecule has 2 rings (SSSR count). The summed E-state index contributed by atoms with van der Waals surface area (Å²) in [4.78, 5) is 0.250. The van der Waals surface area contributed by atoms with E-state index in [-0.39, 0.29) is 17.3 Å². The number of nitrogens with two attached hydrogens (primary N) is 1. The molecule has 2 N–H and O–H groups in total. The van der Waals surface area contributed by atoms with Gasteiger partial charge in [-0.3, -0.25) is 0 Å². The standard InChI is InChI=1S/C14H16N2O2S.ClH/c1-16(11-12-5-3-2-4-6-12)19(17,18)14-9-7-13(15)8-10-14;/h2-10H,11,15H2,1H3;1H. The Morgan fingerprint density at radius 3 is 2.10 bits per heavy atom. The summed E-state index contributed by atoms with van der Waals surface area (Å²) in [5, 5.41) is 0. The van der Waals surface area contributed by atoms with Crippen LogP contribution in [-0.2, 0) is 16.6 Å². The van der Waals surface area contributed by atoms with Gasteiger partial charge >= 0.3 is 0 Å². The highest BCUT2D eigenvalue weighted by atomic mass is 35.5. The fourth-order valence-electron chi connectivity index (χ4n) is 1.75. The number of halogens is 1. The lowest BCUT2D eigenvalue weighted by molar-refractivity contribution is 0.467. The van der Waals surface area contributed by atoms with Crippen molar-refractivity contribution in [3.05, 3.63) is 60.2 Å². The first kappa shape index (κ1) is 16.5. The SMILES string of the molecule is CN(Cc1ccccc1)S(=O)(=O)c1ccc(N)cc1.Cl. The molecular formula is C14H17ClN2O2S. The second-order valence-electron chi connectivity index (χ2n) is 4.32. The van der Waals surface area contributed by atoms with Gasteiger partial charge in [-0.15, -0.1) is 12.4 Å². The number of hydrogen-bond donors (Lipinski definition) is 1. The quantitative estimate of drug-likeness (QED) is 0.882. The average molecular weight is 313 g/mol. The third-order valence-corrected chi connectivity index (χ3v) is 4.65. The van der Waals surface area contributed by atoms with E-state index in [1.165, 1.54) is 16.4 Å². The Kier molecular flexibility index (Phi) is 5.56. The molecule has 2 aromatic carbocycles. The number of hydrogen-bond acceptors (Lipinski definition) is 3. The van der Waals surface area contributed by atoms with Crippen molar-refractivity contribution >= 4 is 28.1 Å². The van der Waals surface area contributed by atoms with Crippen molar-refractivity contribution in [2.75, 3.05) is 12.8 Å². The molecule has 0 aliphatic rings. The van der Waals surface area contributed by atoms with Gasteiger partial charge in [0, 0.05) is 19.3 Å². The topological polar surface area (TPSA) is 63.4 Å². The molecule has 0 saturated heterocycles. The first-order chi connectivity index (χ1) is 9.00. The molecule has 0 atom stereocenters. The van der Waals surface area contributed by atoms with Gasteiger partial charge in [0.2, 0.25) is 10.0 Å². The summed E-state index contributed by atoms with van der Waals surface area (Å²) in [5.74, 6) is 0. The fourth-order valence-corrected chi connectivity index (χ4v) is 2.90. The van der Waals surface area contributed by atoms with Gasteiger partial charge in [-0.1, -0.05) is 30.3 Å². The lowest BCUT2D eigenvalue weighted by Crippen LogP contribution is -2.26.